The molecule has 0 aromatic heterocycles. The zero-order valence-corrected chi connectivity index (χ0v) is 36.5. The maximum absolute atomic E-state index is 15.1. The van der Waals surface area contributed by atoms with E-state index in [1.807, 2.05) is 55.5 Å². The first-order chi connectivity index (χ1) is 25.4. The number of fused-ring (bicyclic) bond motifs is 5. The van der Waals surface area contributed by atoms with Gasteiger partial charge in [0.15, 0.2) is 14.4 Å². The fourth-order valence-electron chi connectivity index (χ4n) is 11.4. The molecule has 0 spiro atoms. The molecule has 6 rings (SSSR count). The van der Waals surface area contributed by atoms with E-state index in [9.17, 15) is 15.0 Å². The molecule has 1 heterocycles. The summed E-state index contributed by atoms with van der Waals surface area (Å²) >= 11 is 0. The number of carbonyl (C=O) groups is 2. The Morgan fingerprint density at radius 1 is 0.964 bits per heavy atom. The molecule has 0 radical (unpaired) electrons. The van der Waals surface area contributed by atoms with Gasteiger partial charge in [0.25, 0.3) is 5.91 Å². The highest BCUT2D eigenvalue weighted by Crippen LogP contribution is 2.69. The van der Waals surface area contributed by atoms with Crippen LogP contribution in [0.5, 0.6) is 0 Å². The third-order valence-electron chi connectivity index (χ3n) is 15.8. The second-order valence-electron chi connectivity index (χ2n) is 20.1. The minimum atomic E-state index is -2.66. The molecule has 302 valence electrons. The number of hydrogen-bond donors (Lipinski definition) is 3. The third kappa shape index (κ3) is 6.58. The zero-order valence-electron chi connectivity index (χ0n) is 35.5. The lowest BCUT2D eigenvalue weighted by Gasteiger charge is -2.71. The van der Waals surface area contributed by atoms with Crippen LogP contribution >= 0.6 is 0 Å². The van der Waals surface area contributed by atoms with Crippen molar-refractivity contribution in [2.75, 3.05) is 6.61 Å². The van der Waals surface area contributed by atoms with E-state index in [0.717, 1.165) is 23.1 Å². The average Bonchev–Trinajstić information content (AvgIpc) is 3.12. The molecule has 3 aliphatic carbocycles. The second kappa shape index (κ2) is 14.2. The number of aliphatic hydroxyl groups excluding tert-OH is 1. The molecule has 1 amide bonds. The molecule has 2 bridgehead atoms. The smallest absolute Gasteiger partial charge is 0.337 e. The number of amides is 1. The van der Waals surface area contributed by atoms with Gasteiger partial charge in [-0.1, -0.05) is 123 Å². The van der Waals surface area contributed by atoms with E-state index in [4.69, 9.17) is 13.9 Å². The number of nitrogens with one attached hydrogen (secondary N) is 1. The van der Waals surface area contributed by atoms with Crippen molar-refractivity contribution in [2.24, 2.45) is 39.9 Å². The minimum absolute atomic E-state index is 0.0501. The Morgan fingerprint density at radius 2 is 1.55 bits per heavy atom. The average molecular weight is 774 g/mol. The number of ether oxygens (including phenoxy) is 2. The van der Waals surface area contributed by atoms with Crippen LogP contribution in [-0.4, -0.2) is 67.0 Å². The molecule has 0 unspecified atom stereocenters. The predicted octanol–water partition coefficient (Wildman–Crippen LogP) is 8.65. The van der Waals surface area contributed by atoms with Gasteiger partial charge >= 0.3 is 5.97 Å². The van der Waals surface area contributed by atoms with Crippen LogP contribution in [0.4, 0.5) is 0 Å². The predicted molar refractivity (Wildman–Crippen MR) is 219 cm³/mol. The van der Waals surface area contributed by atoms with Gasteiger partial charge < -0.3 is 29.4 Å². The number of esters is 1. The summed E-state index contributed by atoms with van der Waals surface area (Å²) in [7, 11) is -2.66. The Kier molecular flexibility index (Phi) is 10.8. The lowest BCUT2D eigenvalue weighted by Crippen LogP contribution is -2.73. The number of aliphatic hydroxyl groups is 2. The van der Waals surface area contributed by atoms with Gasteiger partial charge in [0.2, 0.25) is 0 Å². The van der Waals surface area contributed by atoms with Gasteiger partial charge in [-0.25, -0.2) is 4.79 Å². The molecule has 2 aromatic rings. The van der Waals surface area contributed by atoms with Gasteiger partial charge in [-0.05, 0) is 72.5 Å². The fourth-order valence-corrected chi connectivity index (χ4v) is 12.6. The highest BCUT2D eigenvalue weighted by atomic mass is 28.4. The van der Waals surface area contributed by atoms with Crippen LogP contribution in [0.15, 0.2) is 71.8 Å². The van der Waals surface area contributed by atoms with Gasteiger partial charge in [-0.15, -0.1) is 0 Å². The Morgan fingerprint density at radius 3 is 2.09 bits per heavy atom. The van der Waals surface area contributed by atoms with E-state index in [-0.39, 0.29) is 52.6 Å². The van der Waals surface area contributed by atoms with Gasteiger partial charge in [0, 0.05) is 34.1 Å². The summed E-state index contributed by atoms with van der Waals surface area (Å²) in [4.78, 5) is 28.9. The van der Waals surface area contributed by atoms with Crippen LogP contribution in [0.25, 0.3) is 0 Å². The quantitative estimate of drug-likeness (QED) is 0.140. The van der Waals surface area contributed by atoms with Crippen LogP contribution in [0.2, 0.25) is 18.1 Å². The molecule has 2 saturated carbocycles. The van der Waals surface area contributed by atoms with Crippen molar-refractivity contribution in [3.63, 3.8) is 0 Å². The van der Waals surface area contributed by atoms with E-state index >= 15 is 4.79 Å². The van der Waals surface area contributed by atoms with Crippen LogP contribution in [0, 0.1) is 39.9 Å². The van der Waals surface area contributed by atoms with Crippen LogP contribution in [0.1, 0.15) is 111 Å². The standard InChI is InChI=1S/C46H67NO7Si/c1-27-24-34-44(10,26-52-34)38-30(4)46(51)25-33(28(2)35(43(46,8)9)29(3)39(48)45(27,38)11)53-41(50)37(54-55(12,13)42(5,6)7)36(31-20-16-14-17-21-31)47-40(49)32-22-18-15-19-23-32/h14-23,27,29-30,33-34,36-39,48,51H,24-26H2,1-13H3,(H,47,49)/t27-,29-,30-,33-,34+,36-,37+,38+,39-,44+,45+,46+/m0/s1. The lowest BCUT2D eigenvalue weighted by atomic mass is 9.38. The molecular formula is C46H67NO7Si. The minimum Gasteiger partial charge on any atom is -0.456 e. The summed E-state index contributed by atoms with van der Waals surface area (Å²) in [5.41, 5.74) is 0.288. The van der Waals surface area contributed by atoms with Gasteiger partial charge in [-0.3, -0.25) is 4.79 Å². The Bertz CT molecular complexity index is 1790. The fraction of sp³-hybridized carbons (Fsp3) is 0.652. The first-order valence-corrected chi connectivity index (χ1v) is 23.4. The van der Waals surface area contributed by atoms with Gasteiger partial charge in [-0.2, -0.15) is 0 Å². The van der Waals surface area contributed by atoms with E-state index in [1.165, 1.54) is 0 Å². The summed E-state index contributed by atoms with van der Waals surface area (Å²) in [6.07, 6.45) is -1.51. The molecule has 4 aliphatic rings. The van der Waals surface area contributed by atoms with Crippen molar-refractivity contribution >= 4 is 20.2 Å². The van der Waals surface area contributed by atoms with Crippen LogP contribution in [-0.2, 0) is 18.7 Å². The van der Waals surface area contributed by atoms with E-state index in [0.29, 0.717) is 12.2 Å². The molecule has 1 aliphatic heterocycles. The van der Waals surface area contributed by atoms with E-state index in [2.05, 4.69) is 87.6 Å². The molecule has 9 heteroatoms. The SMILES string of the molecule is CC1=C2[C@H](C)[C@H](O)[C@@]3(C)[C@H]([C@H](C)[C@](O)(C[C@@H]1OC(=O)[C@H](O[Si](C)(C)C(C)(C)C)[C@@H](NC(=O)c1ccccc1)c1ccccc1)C2(C)C)[C@]1(C)CO[C@@H]1C[C@@H]3C. The highest BCUT2D eigenvalue weighted by Gasteiger charge is 2.71. The molecule has 12 atom stereocenters. The molecule has 55 heavy (non-hydrogen) atoms. The molecule has 8 nitrogen and oxygen atoms in total. The van der Waals surface area contributed by atoms with Crippen molar-refractivity contribution < 1.29 is 33.7 Å². The second-order valence-corrected chi connectivity index (χ2v) is 24.9. The normalized spacial score (nSPS) is 36.9. The maximum atomic E-state index is 15.1. The topological polar surface area (TPSA) is 114 Å². The summed E-state index contributed by atoms with van der Waals surface area (Å²) in [6.45, 7) is 28.3. The number of carbonyl (C=O) groups excluding carboxylic acids is 2. The zero-order chi connectivity index (χ0) is 40.7. The number of benzene rings is 2. The lowest BCUT2D eigenvalue weighted by molar-refractivity contribution is -0.316. The number of hydrogen-bond acceptors (Lipinski definition) is 7. The first-order valence-electron chi connectivity index (χ1n) is 20.5. The molecule has 3 fully saturated rings. The van der Waals surface area contributed by atoms with Crippen LogP contribution in [0.3, 0.4) is 0 Å². The van der Waals surface area contributed by atoms with Gasteiger partial charge in [0.1, 0.15) is 6.10 Å². The summed E-state index contributed by atoms with van der Waals surface area (Å²) in [6, 6.07) is 17.6. The maximum Gasteiger partial charge on any atom is 0.337 e. The number of rotatable bonds is 8. The summed E-state index contributed by atoms with van der Waals surface area (Å²) < 4.78 is 19.9. The molecule has 2 aromatic carbocycles. The molecule has 3 N–H and O–H groups in total. The first kappa shape index (κ1) is 41.8. The molecular weight excluding hydrogens is 707 g/mol. The summed E-state index contributed by atoms with van der Waals surface area (Å²) in [5, 5.41) is 29.0. The van der Waals surface area contributed by atoms with Crippen molar-refractivity contribution in [2.45, 2.75) is 143 Å². The highest BCUT2D eigenvalue weighted by molar-refractivity contribution is 6.74. The van der Waals surface area contributed by atoms with Crippen molar-refractivity contribution in [1.82, 2.24) is 5.32 Å². The van der Waals surface area contributed by atoms with Gasteiger partial charge in [0.05, 0.1) is 30.5 Å². The Balaban J connectivity index is 1.45. The largest absolute Gasteiger partial charge is 0.456 e. The summed E-state index contributed by atoms with van der Waals surface area (Å²) in [5.74, 6) is -1.37. The Hall–Kier alpha value is -2.82. The molecule has 1 saturated heterocycles. The van der Waals surface area contributed by atoms with E-state index < -0.39 is 55.1 Å². The van der Waals surface area contributed by atoms with Crippen molar-refractivity contribution in [3.8, 4) is 0 Å². The van der Waals surface area contributed by atoms with Crippen molar-refractivity contribution in [3.05, 3.63) is 82.9 Å². The monoisotopic (exact) mass is 773 g/mol. The van der Waals surface area contributed by atoms with E-state index in [1.54, 1.807) is 12.1 Å². The third-order valence-corrected chi connectivity index (χ3v) is 20.3. The van der Waals surface area contributed by atoms with Crippen molar-refractivity contribution in [1.29, 1.82) is 0 Å². The van der Waals surface area contributed by atoms with Crippen LogP contribution < -0.4 is 5.32 Å². The Labute approximate surface area is 330 Å².